The number of methoxy groups -OCH3 is 1. The standard InChI is InChI=1S/C24H27N3O3S/c1-4-20(21-22(28)26-24(31)27(23(21)29)14-15-30-3)25-16(2)17-10-12-19(13-11-17)18-8-6-5-7-9-18/h5-13,16,29H,4,14-15H2,1-3H3,(H,26,28,31). The maximum absolute atomic E-state index is 12.6. The van der Waals surface area contributed by atoms with Crippen molar-refractivity contribution >= 4 is 17.9 Å². The Morgan fingerprint density at radius 2 is 1.81 bits per heavy atom. The Kier molecular flexibility index (Phi) is 7.55. The largest absolute Gasteiger partial charge is 0.494 e. The lowest BCUT2D eigenvalue weighted by Crippen LogP contribution is -2.24. The van der Waals surface area contributed by atoms with E-state index in [0.29, 0.717) is 25.3 Å². The number of hydrogen-bond donors (Lipinski definition) is 2. The van der Waals surface area contributed by atoms with Gasteiger partial charge in [0.15, 0.2) is 4.77 Å². The molecule has 0 saturated heterocycles. The van der Waals surface area contributed by atoms with Gasteiger partial charge in [-0.05, 0) is 42.3 Å². The van der Waals surface area contributed by atoms with Crippen LogP contribution in [0.2, 0.25) is 0 Å². The van der Waals surface area contributed by atoms with E-state index in [2.05, 4.69) is 29.2 Å². The molecule has 0 aliphatic carbocycles. The van der Waals surface area contributed by atoms with Crippen LogP contribution >= 0.6 is 12.2 Å². The van der Waals surface area contributed by atoms with Gasteiger partial charge in [-0.2, -0.15) is 0 Å². The molecule has 0 bridgehead atoms. The van der Waals surface area contributed by atoms with Crippen molar-refractivity contribution in [3.63, 3.8) is 0 Å². The molecule has 1 atom stereocenters. The Bertz CT molecular complexity index is 1170. The predicted octanol–water partition coefficient (Wildman–Crippen LogP) is 4.89. The van der Waals surface area contributed by atoms with Gasteiger partial charge < -0.3 is 9.84 Å². The van der Waals surface area contributed by atoms with Gasteiger partial charge in [-0.15, -0.1) is 0 Å². The fourth-order valence-corrected chi connectivity index (χ4v) is 3.71. The number of rotatable bonds is 8. The summed E-state index contributed by atoms with van der Waals surface area (Å²) in [6.45, 7) is 4.57. The van der Waals surface area contributed by atoms with Crippen molar-refractivity contribution in [3.05, 3.63) is 80.8 Å². The van der Waals surface area contributed by atoms with Crippen LogP contribution in [-0.4, -0.2) is 34.1 Å². The van der Waals surface area contributed by atoms with Crippen LogP contribution in [0.15, 0.2) is 64.4 Å². The molecule has 1 unspecified atom stereocenters. The third-order valence-corrected chi connectivity index (χ3v) is 5.49. The normalized spacial score (nSPS) is 12.7. The first-order valence-electron chi connectivity index (χ1n) is 10.2. The van der Waals surface area contributed by atoms with Gasteiger partial charge in [0, 0.05) is 7.11 Å². The second-order valence-electron chi connectivity index (χ2n) is 7.20. The Morgan fingerprint density at radius 3 is 2.42 bits per heavy atom. The summed E-state index contributed by atoms with van der Waals surface area (Å²) in [7, 11) is 1.57. The first-order valence-corrected chi connectivity index (χ1v) is 10.6. The fourth-order valence-electron chi connectivity index (χ4n) is 3.44. The first kappa shape index (κ1) is 22.7. The molecule has 0 amide bonds. The molecule has 0 saturated carbocycles. The lowest BCUT2D eigenvalue weighted by Gasteiger charge is -2.15. The molecule has 3 aromatic rings. The Labute approximate surface area is 186 Å². The Morgan fingerprint density at radius 1 is 1.16 bits per heavy atom. The lowest BCUT2D eigenvalue weighted by molar-refractivity contribution is 0.182. The van der Waals surface area contributed by atoms with E-state index in [-0.39, 0.29) is 22.3 Å². The van der Waals surface area contributed by atoms with E-state index in [0.717, 1.165) is 16.7 Å². The van der Waals surface area contributed by atoms with Crippen molar-refractivity contribution in [1.82, 2.24) is 9.55 Å². The number of H-pyrrole nitrogens is 1. The average Bonchev–Trinajstić information content (AvgIpc) is 2.78. The number of aromatic hydroxyl groups is 1. The summed E-state index contributed by atoms with van der Waals surface area (Å²) in [6, 6.07) is 18.2. The minimum Gasteiger partial charge on any atom is -0.494 e. The van der Waals surface area contributed by atoms with E-state index in [4.69, 9.17) is 21.9 Å². The monoisotopic (exact) mass is 437 g/mol. The first-order chi connectivity index (χ1) is 15.0. The summed E-state index contributed by atoms with van der Waals surface area (Å²) < 4.78 is 6.69. The van der Waals surface area contributed by atoms with E-state index in [1.807, 2.05) is 44.2 Å². The van der Waals surface area contributed by atoms with Crippen LogP contribution in [-0.2, 0) is 11.3 Å². The highest BCUT2D eigenvalue weighted by atomic mass is 32.1. The summed E-state index contributed by atoms with van der Waals surface area (Å²) in [5.41, 5.74) is 3.54. The van der Waals surface area contributed by atoms with Gasteiger partial charge >= 0.3 is 0 Å². The maximum atomic E-state index is 12.6. The molecule has 6 nitrogen and oxygen atoms in total. The molecule has 2 N–H and O–H groups in total. The van der Waals surface area contributed by atoms with E-state index < -0.39 is 5.56 Å². The highest BCUT2D eigenvalue weighted by Crippen LogP contribution is 2.25. The summed E-state index contributed by atoms with van der Waals surface area (Å²) in [4.78, 5) is 20.0. The van der Waals surface area contributed by atoms with Gasteiger partial charge in [-0.25, -0.2) is 0 Å². The van der Waals surface area contributed by atoms with Gasteiger partial charge in [0.1, 0.15) is 5.56 Å². The average molecular weight is 438 g/mol. The van der Waals surface area contributed by atoms with Gasteiger partial charge in [0.25, 0.3) is 5.56 Å². The van der Waals surface area contributed by atoms with Crippen LogP contribution < -0.4 is 5.56 Å². The van der Waals surface area contributed by atoms with Crippen molar-refractivity contribution < 1.29 is 9.84 Å². The van der Waals surface area contributed by atoms with Crippen molar-refractivity contribution in [2.24, 2.45) is 4.99 Å². The summed E-state index contributed by atoms with van der Waals surface area (Å²) in [6.07, 6.45) is 0.490. The van der Waals surface area contributed by atoms with Crippen molar-refractivity contribution in [3.8, 4) is 17.0 Å². The molecule has 0 aliphatic rings. The van der Waals surface area contributed by atoms with Crippen LogP contribution in [0.4, 0.5) is 0 Å². The van der Waals surface area contributed by atoms with Gasteiger partial charge in [-0.1, -0.05) is 61.5 Å². The topological polar surface area (TPSA) is 79.6 Å². The quantitative estimate of drug-likeness (QED) is 0.389. The number of nitrogens with one attached hydrogen (secondary N) is 1. The fraction of sp³-hybridized carbons (Fsp3) is 0.292. The number of hydrogen-bond acceptors (Lipinski definition) is 5. The summed E-state index contributed by atoms with van der Waals surface area (Å²) in [5, 5.41) is 10.8. The van der Waals surface area contributed by atoms with Crippen molar-refractivity contribution in [2.75, 3.05) is 13.7 Å². The van der Waals surface area contributed by atoms with E-state index in [9.17, 15) is 9.90 Å². The molecule has 0 radical (unpaired) electrons. The molecule has 1 aromatic heterocycles. The summed E-state index contributed by atoms with van der Waals surface area (Å²) in [5.74, 6) is -0.182. The molecule has 3 rings (SSSR count). The number of benzene rings is 2. The molecule has 1 heterocycles. The van der Waals surface area contributed by atoms with Gasteiger partial charge in [0.2, 0.25) is 5.88 Å². The number of aromatic amines is 1. The number of aliphatic imine (C=N–C) groups is 1. The highest BCUT2D eigenvalue weighted by Gasteiger charge is 2.18. The predicted molar refractivity (Wildman–Crippen MR) is 127 cm³/mol. The number of aromatic nitrogens is 2. The summed E-state index contributed by atoms with van der Waals surface area (Å²) >= 11 is 5.19. The molecular weight excluding hydrogens is 410 g/mol. The molecule has 0 fully saturated rings. The smallest absolute Gasteiger partial charge is 0.264 e. The van der Waals surface area contributed by atoms with E-state index >= 15 is 0 Å². The van der Waals surface area contributed by atoms with Crippen LogP contribution in [0.1, 0.15) is 37.4 Å². The molecule has 162 valence electrons. The lowest BCUT2D eigenvalue weighted by atomic mass is 10.0. The van der Waals surface area contributed by atoms with Crippen LogP contribution in [0.3, 0.4) is 0 Å². The second-order valence-corrected chi connectivity index (χ2v) is 7.58. The second kappa shape index (κ2) is 10.3. The minimum absolute atomic E-state index is 0.153. The van der Waals surface area contributed by atoms with Crippen LogP contribution in [0.25, 0.3) is 11.1 Å². The molecular formula is C24H27N3O3S. The SMILES string of the molecule is CCC(=NC(C)c1ccc(-c2ccccc2)cc1)c1c(O)n(CCOC)c(=S)[nH]c1=O. The maximum Gasteiger partial charge on any atom is 0.264 e. The van der Waals surface area contributed by atoms with Crippen molar-refractivity contribution in [1.29, 1.82) is 0 Å². The minimum atomic E-state index is -0.441. The van der Waals surface area contributed by atoms with Crippen LogP contribution in [0.5, 0.6) is 5.88 Å². The zero-order chi connectivity index (χ0) is 22.4. The molecule has 2 aromatic carbocycles. The molecule has 31 heavy (non-hydrogen) atoms. The third kappa shape index (κ3) is 5.18. The molecule has 0 aliphatic heterocycles. The Hall–Kier alpha value is -3.03. The van der Waals surface area contributed by atoms with E-state index in [1.165, 1.54) is 4.57 Å². The number of nitrogens with zero attached hydrogens (tertiary/aromatic N) is 2. The zero-order valence-electron chi connectivity index (χ0n) is 18.0. The van der Waals surface area contributed by atoms with Crippen LogP contribution in [0, 0.1) is 4.77 Å². The van der Waals surface area contributed by atoms with Crippen molar-refractivity contribution in [2.45, 2.75) is 32.9 Å². The highest BCUT2D eigenvalue weighted by molar-refractivity contribution is 7.71. The number of ether oxygens (including phenoxy) is 1. The molecule has 7 heteroatoms. The third-order valence-electron chi connectivity index (χ3n) is 5.16. The molecule has 0 spiro atoms. The van der Waals surface area contributed by atoms with E-state index in [1.54, 1.807) is 7.11 Å². The van der Waals surface area contributed by atoms with Gasteiger partial charge in [0.05, 0.1) is 24.9 Å². The Balaban J connectivity index is 1.94. The van der Waals surface area contributed by atoms with Gasteiger partial charge in [-0.3, -0.25) is 19.3 Å². The zero-order valence-corrected chi connectivity index (χ0v) is 18.8.